The van der Waals surface area contributed by atoms with E-state index in [9.17, 15) is 4.79 Å². The van der Waals surface area contributed by atoms with Crippen molar-refractivity contribution in [3.63, 3.8) is 0 Å². The number of carbonyl (C=O) groups is 1. The van der Waals surface area contributed by atoms with Crippen molar-refractivity contribution in [2.75, 3.05) is 25.6 Å². The van der Waals surface area contributed by atoms with Gasteiger partial charge < -0.3 is 15.4 Å². The minimum Gasteiger partial charge on any atom is -0.496 e. The van der Waals surface area contributed by atoms with Crippen LogP contribution in [0.4, 0.5) is 5.69 Å². The lowest BCUT2D eigenvalue weighted by atomic mass is 9.87. The lowest BCUT2D eigenvalue weighted by molar-refractivity contribution is -0.126. The SMILES string of the molecule is COc1ccc(N(C)C(=O)C(C)(C)CCN)cc1Br. The average molecular weight is 329 g/mol. The smallest absolute Gasteiger partial charge is 0.232 e. The van der Waals surface area contributed by atoms with E-state index in [2.05, 4.69) is 15.9 Å². The number of methoxy groups -OCH3 is 1. The molecule has 1 aromatic rings. The van der Waals surface area contributed by atoms with E-state index in [-0.39, 0.29) is 5.91 Å². The van der Waals surface area contributed by atoms with Gasteiger partial charge in [-0.25, -0.2) is 0 Å². The molecule has 0 aliphatic rings. The first kappa shape index (κ1) is 16.0. The fourth-order valence-electron chi connectivity index (χ4n) is 1.90. The number of rotatable bonds is 5. The van der Waals surface area contributed by atoms with Crippen LogP contribution in [0.5, 0.6) is 5.75 Å². The summed E-state index contributed by atoms with van der Waals surface area (Å²) < 4.78 is 6.00. The average Bonchev–Trinajstić information content (AvgIpc) is 2.36. The Morgan fingerprint density at radius 2 is 2.11 bits per heavy atom. The number of hydrogen-bond acceptors (Lipinski definition) is 3. The molecule has 0 fully saturated rings. The van der Waals surface area contributed by atoms with Gasteiger partial charge in [0.05, 0.1) is 11.6 Å². The molecule has 0 saturated heterocycles. The molecule has 0 saturated carbocycles. The van der Waals surface area contributed by atoms with Crippen LogP contribution in [0.15, 0.2) is 22.7 Å². The first-order valence-corrected chi connectivity index (χ1v) is 6.94. The quantitative estimate of drug-likeness (QED) is 0.904. The van der Waals surface area contributed by atoms with Crippen LogP contribution in [0.2, 0.25) is 0 Å². The summed E-state index contributed by atoms with van der Waals surface area (Å²) in [5, 5.41) is 0. The van der Waals surface area contributed by atoms with E-state index in [1.54, 1.807) is 19.1 Å². The number of hydrogen-bond donors (Lipinski definition) is 1. The van der Waals surface area contributed by atoms with E-state index in [1.165, 1.54) is 0 Å². The molecule has 0 aromatic heterocycles. The van der Waals surface area contributed by atoms with Crippen LogP contribution in [0, 0.1) is 5.41 Å². The van der Waals surface area contributed by atoms with E-state index < -0.39 is 5.41 Å². The number of amides is 1. The van der Waals surface area contributed by atoms with Crippen LogP contribution in [0.1, 0.15) is 20.3 Å². The Morgan fingerprint density at radius 3 is 2.58 bits per heavy atom. The normalized spacial score (nSPS) is 11.3. The molecule has 4 nitrogen and oxygen atoms in total. The lowest BCUT2D eigenvalue weighted by Crippen LogP contribution is -2.39. The molecule has 0 atom stereocenters. The fourth-order valence-corrected chi connectivity index (χ4v) is 2.43. The van der Waals surface area contributed by atoms with Crippen LogP contribution >= 0.6 is 15.9 Å². The maximum Gasteiger partial charge on any atom is 0.232 e. The van der Waals surface area contributed by atoms with Gasteiger partial charge in [0.2, 0.25) is 5.91 Å². The summed E-state index contributed by atoms with van der Waals surface area (Å²) in [6.07, 6.45) is 0.660. The number of nitrogens with two attached hydrogens (primary N) is 1. The maximum atomic E-state index is 12.4. The van der Waals surface area contributed by atoms with Gasteiger partial charge in [-0.15, -0.1) is 0 Å². The second kappa shape index (κ2) is 6.39. The number of benzene rings is 1. The summed E-state index contributed by atoms with van der Waals surface area (Å²) >= 11 is 3.42. The van der Waals surface area contributed by atoms with Crippen molar-refractivity contribution in [2.24, 2.45) is 11.1 Å². The van der Waals surface area contributed by atoms with Gasteiger partial charge in [0, 0.05) is 18.2 Å². The van der Waals surface area contributed by atoms with Crippen LogP contribution in [0.25, 0.3) is 0 Å². The van der Waals surface area contributed by atoms with Crippen LogP contribution < -0.4 is 15.4 Å². The van der Waals surface area contributed by atoms with E-state index in [0.717, 1.165) is 15.9 Å². The first-order chi connectivity index (χ1) is 8.83. The molecule has 0 aliphatic carbocycles. The highest BCUT2D eigenvalue weighted by Crippen LogP contribution is 2.31. The van der Waals surface area contributed by atoms with Crippen molar-refractivity contribution in [1.82, 2.24) is 0 Å². The highest BCUT2D eigenvalue weighted by atomic mass is 79.9. The van der Waals surface area contributed by atoms with Crippen molar-refractivity contribution < 1.29 is 9.53 Å². The third-order valence-electron chi connectivity index (χ3n) is 3.18. The number of anilines is 1. The summed E-state index contributed by atoms with van der Waals surface area (Å²) in [7, 11) is 3.38. The molecule has 0 spiro atoms. The molecular formula is C14H21BrN2O2. The predicted octanol–water partition coefficient (Wildman–Crippen LogP) is 2.80. The van der Waals surface area contributed by atoms with Crippen molar-refractivity contribution in [1.29, 1.82) is 0 Å². The summed E-state index contributed by atoms with van der Waals surface area (Å²) in [6.45, 7) is 4.33. The first-order valence-electron chi connectivity index (χ1n) is 6.15. The molecule has 0 bridgehead atoms. The zero-order valence-corrected chi connectivity index (χ0v) is 13.5. The summed E-state index contributed by atoms with van der Waals surface area (Å²) in [5.41, 5.74) is 5.92. The monoisotopic (exact) mass is 328 g/mol. The Labute approximate surface area is 123 Å². The predicted molar refractivity (Wildman–Crippen MR) is 81.6 cm³/mol. The summed E-state index contributed by atoms with van der Waals surface area (Å²) in [5.74, 6) is 0.792. The molecule has 106 valence electrons. The van der Waals surface area contributed by atoms with Crippen molar-refractivity contribution >= 4 is 27.5 Å². The number of ether oxygens (including phenoxy) is 1. The molecule has 0 radical (unpaired) electrons. The van der Waals surface area contributed by atoms with Gasteiger partial charge in [0.15, 0.2) is 0 Å². The van der Waals surface area contributed by atoms with Gasteiger partial charge in [0.25, 0.3) is 0 Å². The highest BCUT2D eigenvalue weighted by molar-refractivity contribution is 9.10. The second-order valence-corrected chi connectivity index (χ2v) is 5.96. The third kappa shape index (κ3) is 3.70. The van der Waals surface area contributed by atoms with Crippen LogP contribution in [-0.4, -0.2) is 26.6 Å². The van der Waals surface area contributed by atoms with Crippen molar-refractivity contribution in [3.05, 3.63) is 22.7 Å². The van der Waals surface area contributed by atoms with Gasteiger partial charge >= 0.3 is 0 Å². The maximum absolute atomic E-state index is 12.4. The van der Waals surface area contributed by atoms with Gasteiger partial charge in [-0.05, 0) is 47.1 Å². The molecule has 0 heterocycles. The highest BCUT2D eigenvalue weighted by Gasteiger charge is 2.30. The van der Waals surface area contributed by atoms with Gasteiger partial charge in [-0.3, -0.25) is 4.79 Å². The Hall–Kier alpha value is -1.07. The molecule has 5 heteroatoms. The largest absolute Gasteiger partial charge is 0.496 e. The Balaban J connectivity index is 2.97. The number of nitrogens with zero attached hydrogens (tertiary/aromatic N) is 1. The van der Waals surface area contributed by atoms with Gasteiger partial charge in [0.1, 0.15) is 5.75 Å². The molecule has 19 heavy (non-hydrogen) atoms. The van der Waals surface area contributed by atoms with E-state index in [1.807, 2.05) is 32.0 Å². The fraction of sp³-hybridized carbons (Fsp3) is 0.500. The van der Waals surface area contributed by atoms with Crippen LogP contribution in [-0.2, 0) is 4.79 Å². The van der Waals surface area contributed by atoms with Gasteiger partial charge in [-0.1, -0.05) is 13.8 Å². The molecule has 1 aromatic carbocycles. The van der Waals surface area contributed by atoms with E-state index in [4.69, 9.17) is 10.5 Å². The zero-order chi connectivity index (χ0) is 14.6. The number of carbonyl (C=O) groups excluding carboxylic acids is 1. The van der Waals surface area contributed by atoms with Crippen LogP contribution in [0.3, 0.4) is 0 Å². The van der Waals surface area contributed by atoms with E-state index in [0.29, 0.717) is 13.0 Å². The Bertz CT molecular complexity index is 461. The topological polar surface area (TPSA) is 55.6 Å². The summed E-state index contributed by atoms with van der Waals surface area (Å²) in [4.78, 5) is 14.1. The Kier molecular flexibility index (Phi) is 5.38. The second-order valence-electron chi connectivity index (χ2n) is 5.11. The molecular weight excluding hydrogens is 308 g/mol. The van der Waals surface area contributed by atoms with Gasteiger partial charge in [-0.2, -0.15) is 0 Å². The standard InChI is InChI=1S/C14H21BrN2O2/c1-14(2,7-8-16)13(18)17(3)10-5-6-12(19-4)11(15)9-10/h5-6,9H,7-8,16H2,1-4H3. The number of halogens is 1. The zero-order valence-electron chi connectivity index (χ0n) is 11.9. The minimum absolute atomic E-state index is 0.0509. The van der Waals surface area contributed by atoms with E-state index >= 15 is 0 Å². The molecule has 1 amide bonds. The third-order valence-corrected chi connectivity index (χ3v) is 3.80. The molecule has 0 unspecified atom stereocenters. The molecule has 0 aliphatic heterocycles. The molecule has 2 N–H and O–H groups in total. The van der Waals surface area contributed by atoms with Crippen molar-refractivity contribution in [2.45, 2.75) is 20.3 Å². The Morgan fingerprint density at radius 1 is 1.47 bits per heavy atom. The van der Waals surface area contributed by atoms with Crippen molar-refractivity contribution in [3.8, 4) is 5.75 Å². The summed E-state index contributed by atoms with van der Waals surface area (Å²) in [6, 6.07) is 5.56. The minimum atomic E-state index is -0.462. The lowest BCUT2D eigenvalue weighted by Gasteiger charge is -2.29. The molecule has 1 rings (SSSR count).